The molecule has 2 atom stereocenters. The number of aliphatic imine (C=N–C) groups is 1. The second-order valence-electron chi connectivity index (χ2n) is 6.72. The number of nitrogens with zero attached hydrogens (tertiary/aromatic N) is 2. The molecule has 7 nitrogen and oxygen atoms in total. The lowest BCUT2D eigenvalue weighted by Gasteiger charge is -2.24. The molecule has 0 spiro atoms. The highest BCUT2D eigenvalue weighted by Gasteiger charge is 2.28. The summed E-state index contributed by atoms with van der Waals surface area (Å²) in [4.78, 5) is 6.81. The molecule has 1 fully saturated rings. The number of likely N-dealkylation sites (N-methyl/N-ethyl adjacent to an activating group) is 1. The van der Waals surface area contributed by atoms with Crippen molar-refractivity contribution in [3.05, 3.63) is 29.8 Å². The van der Waals surface area contributed by atoms with E-state index in [9.17, 15) is 8.42 Å². The number of ether oxygens (including phenoxy) is 1. The van der Waals surface area contributed by atoms with Gasteiger partial charge in [0.1, 0.15) is 5.75 Å². The van der Waals surface area contributed by atoms with Crippen LogP contribution < -0.4 is 15.4 Å². The Bertz CT molecular complexity index is 719. The molecule has 8 heteroatoms. The summed E-state index contributed by atoms with van der Waals surface area (Å²) in [5.74, 6) is 1.89. The second kappa shape index (κ2) is 9.23. The van der Waals surface area contributed by atoms with Gasteiger partial charge in [-0.1, -0.05) is 12.1 Å². The molecule has 0 aliphatic carbocycles. The van der Waals surface area contributed by atoms with Crippen LogP contribution in [0.5, 0.6) is 5.75 Å². The molecule has 2 N–H and O–H groups in total. The Morgan fingerprint density at radius 2 is 2.19 bits per heavy atom. The summed E-state index contributed by atoms with van der Waals surface area (Å²) in [6.45, 7) is 3.26. The summed E-state index contributed by atoms with van der Waals surface area (Å²) in [6, 6.07) is 7.99. The largest absolute Gasteiger partial charge is 0.497 e. The summed E-state index contributed by atoms with van der Waals surface area (Å²) < 4.78 is 28.6. The van der Waals surface area contributed by atoms with Crippen molar-refractivity contribution >= 4 is 15.8 Å². The maximum atomic E-state index is 11.7. The SMILES string of the molecule is CCNC(=NCC(c1cccc(OC)c1)N(C)C)NC1CCS(=O)(=O)C1. The summed E-state index contributed by atoms with van der Waals surface area (Å²) in [5.41, 5.74) is 1.12. The summed E-state index contributed by atoms with van der Waals surface area (Å²) >= 11 is 0. The van der Waals surface area contributed by atoms with Crippen molar-refractivity contribution in [2.24, 2.45) is 4.99 Å². The monoisotopic (exact) mass is 382 g/mol. The van der Waals surface area contributed by atoms with Gasteiger partial charge in [0.15, 0.2) is 15.8 Å². The van der Waals surface area contributed by atoms with Gasteiger partial charge in [-0.25, -0.2) is 8.42 Å². The highest BCUT2D eigenvalue weighted by Crippen LogP contribution is 2.23. The summed E-state index contributed by atoms with van der Waals surface area (Å²) in [5, 5.41) is 6.46. The fraction of sp³-hybridized carbons (Fsp3) is 0.611. The molecule has 0 amide bonds. The molecular formula is C18H30N4O3S. The average Bonchev–Trinajstić information content (AvgIpc) is 2.93. The Hall–Kier alpha value is -1.80. The normalized spacial score (nSPS) is 20.8. The van der Waals surface area contributed by atoms with Crippen LogP contribution in [-0.2, 0) is 9.84 Å². The number of sulfone groups is 1. The first-order valence-electron chi connectivity index (χ1n) is 8.90. The Morgan fingerprint density at radius 1 is 1.42 bits per heavy atom. The second-order valence-corrected chi connectivity index (χ2v) is 8.95. The third kappa shape index (κ3) is 5.88. The van der Waals surface area contributed by atoms with Gasteiger partial charge in [-0.2, -0.15) is 0 Å². The van der Waals surface area contributed by atoms with Gasteiger partial charge in [-0.05, 0) is 45.1 Å². The Labute approximate surface area is 156 Å². The van der Waals surface area contributed by atoms with Gasteiger partial charge in [0, 0.05) is 12.6 Å². The van der Waals surface area contributed by atoms with E-state index in [0.29, 0.717) is 18.9 Å². The first-order chi connectivity index (χ1) is 12.3. The average molecular weight is 383 g/mol. The third-order valence-electron chi connectivity index (χ3n) is 4.44. The maximum Gasteiger partial charge on any atom is 0.191 e. The molecule has 0 radical (unpaired) electrons. The van der Waals surface area contributed by atoms with Crippen molar-refractivity contribution < 1.29 is 13.2 Å². The van der Waals surface area contributed by atoms with Gasteiger partial charge in [-0.3, -0.25) is 4.99 Å². The Kier molecular flexibility index (Phi) is 7.28. The molecule has 1 aliphatic heterocycles. The van der Waals surface area contributed by atoms with Gasteiger partial charge in [0.25, 0.3) is 0 Å². The standard InChI is InChI=1S/C18H30N4O3S/c1-5-19-18(21-15-9-10-26(23,24)13-15)20-12-17(22(2)3)14-7-6-8-16(11-14)25-4/h6-8,11,15,17H,5,9-10,12-13H2,1-4H3,(H2,19,20,21). The number of hydrogen-bond donors (Lipinski definition) is 2. The van der Waals surface area contributed by atoms with Crippen LogP contribution in [0, 0.1) is 0 Å². The van der Waals surface area contributed by atoms with Crippen LogP contribution in [0.2, 0.25) is 0 Å². The van der Waals surface area contributed by atoms with E-state index in [1.54, 1.807) is 7.11 Å². The van der Waals surface area contributed by atoms with Crippen molar-refractivity contribution in [3.63, 3.8) is 0 Å². The molecule has 146 valence electrons. The zero-order valence-electron chi connectivity index (χ0n) is 16.0. The first-order valence-corrected chi connectivity index (χ1v) is 10.7. The van der Waals surface area contributed by atoms with E-state index < -0.39 is 9.84 Å². The molecule has 1 saturated heterocycles. The van der Waals surface area contributed by atoms with Crippen LogP contribution in [0.3, 0.4) is 0 Å². The lowest BCUT2D eigenvalue weighted by molar-refractivity contribution is 0.305. The minimum absolute atomic E-state index is 0.0765. The predicted octanol–water partition coefficient (Wildman–Crippen LogP) is 1.04. The fourth-order valence-electron chi connectivity index (χ4n) is 3.02. The Balaban J connectivity index is 2.11. The van der Waals surface area contributed by atoms with Crippen molar-refractivity contribution in [2.45, 2.75) is 25.4 Å². The first kappa shape index (κ1) is 20.5. The van der Waals surface area contributed by atoms with E-state index in [0.717, 1.165) is 17.9 Å². The van der Waals surface area contributed by atoms with Crippen LogP contribution in [0.4, 0.5) is 0 Å². The van der Waals surface area contributed by atoms with Crippen molar-refractivity contribution in [1.82, 2.24) is 15.5 Å². The highest BCUT2D eigenvalue weighted by atomic mass is 32.2. The van der Waals surface area contributed by atoms with Crippen LogP contribution in [0.15, 0.2) is 29.3 Å². The van der Waals surface area contributed by atoms with Crippen LogP contribution >= 0.6 is 0 Å². The van der Waals surface area contributed by atoms with Crippen molar-refractivity contribution in [2.75, 3.05) is 45.8 Å². The van der Waals surface area contributed by atoms with Gasteiger partial charge in [-0.15, -0.1) is 0 Å². The van der Waals surface area contributed by atoms with Crippen LogP contribution in [0.25, 0.3) is 0 Å². The number of hydrogen-bond acceptors (Lipinski definition) is 5. The zero-order valence-corrected chi connectivity index (χ0v) is 16.8. The number of methoxy groups -OCH3 is 1. The summed E-state index contributed by atoms with van der Waals surface area (Å²) in [7, 11) is 2.77. The topological polar surface area (TPSA) is 83.0 Å². The molecule has 0 aromatic heterocycles. The molecule has 1 aromatic carbocycles. The zero-order chi connectivity index (χ0) is 19.2. The number of nitrogens with one attached hydrogen (secondary N) is 2. The maximum absolute atomic E-state index is 11.7. The van der Waals surface area contributed by atoms with Crippen LogP contribution in [0.1, 0.15) is 24.9 Å². The van der Waals surface area contributed by atoms with E-state index in [2.05, 4.69) is 21.6 Å². The molecule has 1 aliphatic rings. The van der Waals surface area contributed by atoms with Gasteiger partial charge < -0.3 is 20.3 Å². The molecule has 0 bridgehead atoms. The lowest BCUT2D eigenvalue weighted by Crippen LogP contribution is -2.44. The van der Waals surface area contributed by atoms with Gasteiger partial charge >= 0.3 is 0 Å². The quantitative estimate of drug-likeness (QED) is 0.542. The van der Waals surface area contributed by atoms with Gasteiger partial charge in [0.2, 0.25) is 0 Å². The van der Waals surface area contributed by atoms with E-state index in [4.69, 9.17) is 9.73 Å². The molecule has 1 heterocycles. The third-order valence-corrected chi connectivity index (χ3v) is 6.21. The van der Waals surface area contributed by atoms with Crippen molar-refractivity contribution in [3.8, 4) is 5.75 Å². The van der Waals surface area contributed by atoms with Gasteiger partial charge in [0.05, 0.1) is 31.2 Å². The highest BCUT2D eigenvalue weighted by molar-refractivity contribution is 7.91. The predicted molar refractivity (Wildman–Crippen MR) is 106 cm³/mol. The lowest BCUT2D eigenvalue weighted by atomic mass is 10.1. The summed E-state index contributed by atoms with van der Waals surface area (Å²) in [6.07, 6.45) is 0.625. The Morgan fingerprint density at radius 3 is 2.77 bits per heavy atom. The molecule has 26 heavy (non-hydrogen) atoms. The molecule has 2 rings (SSSR count). The molecule has 2 unspecified atom stereocenters. The number of guanidine groups is 1. The van der Waals surface area contributed by atoms with Crippen LogP contribution in [-0.4, -0.2) is 71.1 Å². The molecule has 0 saturated carbocycles. The van der Waals surface area contributed by atoms with E-state index in [-0.39, 0.29) is 23.6 Å². The number of rotatable bonds is 7. The van der Waals surface area contributed by atoms with E-state index in [1.165, 1.54) is 0 Å². The minimum Gasteiger partial charge on any atom is -0.497 e. The smallest absolute Gasteiger partial charge is 0.191 e. The fourth-order valence-corrected chi connectivity index (χ4v) is 4.69. The van der Waals surface area contributed by atoms with E-state index >= 15 is 0 Å². The van der Waals surface area contributed by atoms with Crippen molar-refractivity contribution in [1.29, 1.82) is 0 Å². The number of benzene rings is 1. The molecule has 1 aromatic rings. The van der Waals surface area contributed by atoms with E-state index in [1.807, 2.05) is 39.2 Å². The molecular weight excluding hydrogens is 352 g/mol. The minimum atomic E-state index is -2.92.